The fraction of sp³-hybridized carbons (Fsp3) is 0.895. The maximum atomic E-state index is 13.1. The lowest BCUT2D eigenvalue weighted by Crippen LogP contribution is -2.54. The zero-order chi connectivity index (χ0) is 19.0. The number of hydrogen-bond acceptors (Lipinski definition) is 5. The van der Waals surface area contributed by atoms with Crippen LogP contribution in [-0.2, 0) is 19.4 Å². The van der Waals surface area contributed by atoms with Gasteiger partial charge in [-0.05, 0) is 32.1 Å². The van der Waals surface area contributed by atoms with Crippen molar-refractivity contribution in [2.45, 2.75) is 57.0 Å². The molecule has 152 valence electrons. The molecule has 2 saturated carbocycles. The van der Waals surface area contributed by atoms with E-state index < -0.39 is 9.84 Å². The Labute approximate surface area is 162 Å². The number of rotatable bonds is 5. The highest BCUT2D eigenvalue weighted by Gasteiger charge is 2.40. The summed E-state index contributed by atoms with van der Waals surface area (Å²) in [5, 5.41) is 0. The summed E-state index contributed by atoms with van der Waals surface area (Å²) in [4.78, 5) is 31.3. The van der Waals surface area contributed by atoms with Gasteiger partial charge in [0.15, 0.2) is 9.84 Å². The van der Waals surface area contributed by atoms with Crippen LogP contribution < -0.4 is 0 Å². The van der Waals surface area contributed by atoms with Crippen LogP contribution in [0.5, 0.6) is 0 Å². The lowest BCUT2D eigenvalue weighted by Gasteiger charge is -2.38. The highest BCUT2D eigenvalue weighted by Crippen LogP contribution is 2.32. The Balaban J connectivity index is 1.35. The summed E-state index contributed by atoms with van der Waals surface area (Å²) >= 11 is 0. The lowest BCUT2D eigenvalue weighted by molar-refractivity contribution is -0.138. The molecule has 2 saturated heterocycles. The molecule has 0 bridgehead atoms. The molecule has 1 atom stereocenters. The highest BCUT2D eigenvalue weighted by atomic mass is 32.2. The van der Waals surface area contributed by atoms with Crippen LogP contribution in [0.2, 0.25) is 0 Å². The van der Waals surface area contributed by atoms with Crippen LogP contribution in [0.1, 0.15) is 44.9 Å². The van der Waals surface area contributed by atoms with Gasteiger partial charge in [0.1, 0.15) is 0 Å². The van der Waals surface area contributed by atoms with Gasteiger partial charge in [-0.25, -0.2) is 8.42 Å². The molecule has 27 heavy (non-hydrogen) atoms. The fourth-order valence-corrected chi connectivity index (χ4v) is 6.58. The van der Waals surface area contributed by atoms with Crippen molar-refractivity contribution in [3.63, 3.8) is 0 Å². The molecule has 0 aromatic rings. The van der Waals surface area contributed by atoms with Crippen molar-refractivity contribution in [2.75, 3.05) is 44.2 Å². The van der Waals surface area contributed by atoms with Gasteiger partial charge in [0.05, 0.1) is 18.1 Å². The monoisotopic (exact) mass is 397 g/mol. The summed E-state index contributed by atoms with van der Waals surface area (Å²) in [5.41, 5.74) is 0. The Morgan fingerprint density at radius 1 is 0.889 bits per heavy atom. The summed E-state index contributed by atoms with van der Waals surface area (Å²) in [6, 6.07) is 0.0527. The topological polar surface area (TPSA) is 78.0 Å². The summed E-state index contributed by atoms with van der Waals surface area (Å²) in [7, 11) is -3.01. The zero-order valence-corrected chi connectivity index (χ0v) is 16.8. The maximum Gasteiger partial charge on any atom is 0.237 e. The van der Waals surface area contributed by atoms with Gasteiger partial charge < -0.3 is 9.80 Å². The van der Waals surface area contributed by atoms with Gasteiger partial charge >= 0.3 is 0 Å². The van der Waals surface area contributed by atoms with Crippen molar-refractivity contribution in [3.8, 4) is 0 Å². The number of carbonyl (C=O) groups excluding carboxylic acids is 2. The molecule has 0 aromatic carbocycles. The first-order valence-electron chi connectivity index (χ1n) is 10.5. The SMILES string of the molecule is O=C(C1CC1)N1CCN(CC(=O)N(C2CCCC2)C2CCS(=O)(=O)C2)CC1. The number of hydrogen-bond donors (Lipinski definition) is 0. The normalized spacial score (nSPS) is 29.2. The molecule has 0 N–H and O–H groups in total. The smallest absolute Gasteiger partial charge is 0.237 e. The molecule has 0 aromatic heterocycles. The van der Waals surface area contributed by atoms with Gasteiger partial charge in [0, 0.05) is 44.2 Å². The van der Waals surface area contributed by atoms with Crippen molar-refractivity contribution in [2.24, 2.45) is 5.92 Å². The van der Waals surface area contributed by atoms with Crippen LogP contribution in [0, 0.1) is 5.92 Å². The van der Waals surface area contributed by atoms with Crippen LogP contribution in [0.15, 0.2) is 0 Å². The Bertz CT molecular complexity index is 677. The van der Waals surface area contributed by atoms with E-state index in [0.717, 1.165) is 51.6 Å². The lowest BCUT2D eigenvalue weighted by atomic mass is 10.1. The van der Waals surface area contributed by atoms with Crippen LogP contribution in [0.25, 0.3) is 0 Å². The first kappa shape index (κ1) is 19.2. The molecule has 4 fully saturated rings. The predicted molar refractivity (Wildman–Crippen MR) is 102 cm³/mol. The van der Waals surface area contributed by atoms with Gasteiger partial charge in [-0.1, -0.05) is 12.8 Å². The van der Waals surface area contributed by atoms with E-state index in [9.17, 15) is 18.0 Å². The van der Waals surface area contributed by atoms with Crippen LogP contribution >= 0.6 is 0 Å². The summed E-state index contributed by atoms with van der Waals surface area (Å²) < 4.78 is 23.9. The number of carbonyl (C=O) groups is 2. The number of sulfone groups is 1. The first-order chi connectivity index (χ1) is 12.9. The van der Waals surface area contributed by atoms with Gasteiger partial charge in [-0.2, -0.15) is 0 Å². The zero-order valence-electron chi connectivity index (χ0n) is 16.0. The molecular weight excluding hydrogens is 366 g/mol. The highest BCUT2D eigenvalue weighted by molar-refractivity contribution is 7.91. The number of piperazine rings is 1. The van der Waals surface area contributed by atoms with Crippen LogP contribution in [-0.4, -0.2) is 91.2 Å². The Morgan fingerprint density at radius 3 is 2.11 bits per heavy atom. The third kappa shape index (κ3) is 4.47. The summed E-state index contributed by atoms with van der Waals surface area (Å²) in [5.74, 6) is 0.936. The van der Waals surface area contributed by atoms with Gasteiger partial charge in [0.2, 0.25) is 11.8 Å². The molecule has 0 radical (unpaired) electrons. The summed E-state index contributed by atoms with van der Waals surface area (Å²) in [6.07, 6.45) is 6.86. The second-order valence-corrected chi connectivity index (χ2v) is 10.9. The van der Waals surface area contributed by atoms with Crippen molar-refractivity contribution in [1.29, 1.82) is 0 Å². The third-order valence-corrected chi connectivity index (χ3v) is 8.33. The molecule has 4 rings (SSSR count). The molecule has 2 amide bonds. The van der Waals surface area contributed by atoms with Gasteiger partial charge in [-0.15, -0.1) is 0 Å². The van der Waals surface area contributed by atoms with Crippen molar-refractivity contribution >= 4 is 21.7 Å². The third-order valence-electron chi connectivity index (χ3n) is 6.58. The Hall–Kier alpha value is -1.15. The second kappa shape index (κ2) is 7.70. The molecule has 2 aliphatic heterocycles. The van der Waals surface area contributed by atoms with Crippen molar-refractivity contribution in [1.82, 2.24) is 14.7 Å². The van der Waals surface area contributed by atoms with E-state index in [-0.39, 0.29) is 41.3 Å². The largest absolute Gasteiger partial charge is 0.340 e. The van der Waals surface area contributed by atoms with Gasteiger partial charge in [0.25, 0.3) is 0 Å². The maximum absolute atomic E-state index is 13.1. The molecule has 2 aliphatic carbocycles. The Morgan fingerprint density at radius 2 is 1.56 bits per heavy atom. The molecule has 0 spiro atoms. The van der Waals surface area contributed by atoms with Crippen LogP contribution in [0.4, 0.5) is 0 Å². The first-order valence-corrected chi connectivity index (χ1v) is 12.3. The van der Waals surface area contributed by atoms with Crippen molar-refractivity contribution < 1.29 is 18.0 Å². The van der Waals surface area contributed by atoms with E-state index in [4.69, 9.17) is 0 Å². The quantitative estimate of drug-likeness (QED) is 0.675. The molecule has 2 heterocycles. The fourth-order valence-electron chi connectivity index (χ4n) is 4.87. The minimum absolute atomic E-state index is 0.0750. The average molecular weight is 398 g/mol. The molecular formula is C19H31N3O4S. The number of amides is 2. The van der Waals surface area contributed by atoms with Crippen LogP contribution in [0.3, 0.4) is 0 Å². The van der Waals surface area contributed by atoms with E-state index >= 15 is 0 Å². The minimum atomic E-state index is -3.01. The van der Waals surface area contributed by atoms with Gasteiger partial charge in [-0.3, -0.25) is 14.5 Å². The van der Waals surface area contributed by atoms with E-state index in [1.165, 1.54) is 0 Å². The summed E-state index contributed by atoms with van der Waals surface area (Å²) in [6.45, 7) is 3.20. The number of nitrogens with zero attached hydrogens (tertiary/aromatic N) is 3. The van der Waals surface area contributed by atoms with E-state index in [1.54, 1.807) is 0 Å². The second-order valence-electron chi connectivity index (χ2n) is 8.67. The van der Waals surface area contributed by atoms with E-state index in [1.807, 2.05) is 9.80 Å². The molecule has 4 aliphatic rings. The van der Waals surface area contributed by atoms with E-state index in [0.29, 0.717) is 26.1 Å². The molecule has 8 heteroatoms. The minimum Gasteiger partial charge on any atom is -0.340 e. The molecule has 7 nitrogen and oxygen atoms in total. The Kier molecular flexibility index (Phi) is 5.47. The van der Waals surface area contributed by atoms with Crippen molar-refractivity contribution in [3.05, 3.63) is 0 Å². The van der Waals surface area contributed by atoms with E-state index in [2.05, 4.69) is 4.90 Å². The average Bonchev–Trinajstić information content (AvgIpc) is 3.24. The predicted octanol–water partition coefficient (Wildman–Crippen LogP) is 0.499. The molecule has 1 unspecified atom stereocenters. The standard InChI is InChI=1S/C19H31N3O4S/c23-18(13-20-8-10-21(11-9-20)19(24)15-5-6-15)22(16-3-1-2-4-16)17-7-12-27(25,26)14-17/h15-17H,1-14H2.